The van der Waals surface area contributed by atoms with Gasteiger partial charge in [0, 0.05) is 164 Å². The summed E-state index contributed by atoms with van der Waals surface area (Å²) >= 11 is 0. The maximum Gasteiger partial charge on any atom is 0.323 e. The zero-order valence-corrected chi connectivity index (χ0v) is 71.4. The van der Waals surface area contributed by atoms with Crippen molar-refractivity contribution in [2.75, 3.05) is 109 Å². The number of carbonyl (C=O) groups is 4. The Hall–Kier alpha value is -7.16. The molecule has 24 heteroatoms. The molecule has 8 aliphatic heterocycles. The van der Waals surface area contributed by atoms with Gasteiger partial charge in [0.2, 0.25) is 0 Å². The zero-order chi connectivity index (χ0) is 123. The van der Waals surface area contributed by atoms with Crippen molar-refractivity contribution in [1.29, 1.82) is 0 Å². The number of hydrogen-bond acceptors (Lipinski definition) is 24. The molecule has 0 spiro atoms. The molecular weight excluding hydrogens is 1520 g/mol. The van der Waals surface area contributed by atoms with E-state index < -0.39 is 201 Å². The van der Waals surface area contributed by atoms with Crippen LogP contribution in [0.3, 0.4) is 0 Å². The highest BCUT2D eigenvalue weighted by Gasteiger charge is 2.47. The van der Waals surface area contributed by atoms with E-state index >= 15 is 0 Å². The zero-order valence-electron chi connectivity index (χ0n) is 112. The minimum Gasteiger partial charge on any atom is -0.493 e. The number of ether oxygens (including phenoxy) is 12. The predicted octanol–water partition coefficient (Wildman–Crippen LogP) is 14.3. The number of hydrogen-bond donors (Lipinski definition) is 4. The first-order valence-electron chi connectivity index (χ1n) is 61.2. The van der Waals surface area contributed by atoms with Crippen LogP contribution in [0.5, 0.6) is 46.0 Å². The lowest BCUT2D eigenvalue weighted by atomic mass is 9.79. The summed E-state index contributed by atoms with van der Waals surface area (Å²) in [6.07, 6.45) is -2.86. The van der Waals surface area contributed by atoms with E-state index in [1.54, 1.807) is 30.3 Å². The van der Waals surface area contributed by atoms with E-state index in [4.69, 9.17) is 130 Å². The minimum absolute atomic E-state index is 0.0185. The van der Waals surface area contributed by atoms with Crippen LogP contribution in [0, 0.1) is 70.9 Å². The monoisotopic (exact) mass is 1710 g/mol. The molecule has 4 aromatic carbocycles. The lowest BCUT2D eigenvalue weighted by molar-refractivity contribution is -0.161. The molecule has 0 aliphatic carbocycles. The molecule has 120 heavy (non-hydrogen) atoms. The number of esters is 4. The summed E-state index contributed by atoms with van der Waals surface area (Å²) in [6.45, 7) is -9.38. The standard InChI is InChI=1S/4C24H38N2O4/c4*1-14(2)9-17-13-26-8-7-16-10-21(28-5)22(29-6)11-18(16)19(26)12-20(17)30-24(27)23(25)15(3)4/h4*10-11,14-15,17,19-20,23H,7-9,12-13,25H2,1-6H3/t4*17?,19?,20?,23-/m0000/s1/i2*3D3,4D3,5D3,15D,20D,23D;3D3,4D3,15D,20D,23D;3D3,4D3,15D,19D. The number of nitrogens with two attached hydrogens (primary N) is 4. The van der Waals surface area contributed by atoms with Crippen molar-refractivity contribution in [2.45, 2.75) is 260 Å². The van der Waals surface area contributed by atoms with Crippen LogP contribution in [0.2, 0.25) is 0 Å². The summed E-state index contributed by atoms with van der Waals surface area (Å²) in [5.74, 6) is -20.2. The molecule has 0 bridgehead atoms. The van der Waals surface area contributed by atoms with Gasteiger partial charge < -0.3 is 79.8 Å². The Bertz CT molecular complexity index is 5580. The molecule has 12 unspecified atom stereocenters. The third-order valence-corrected chi connectivity index (χ3v) is 23.4. The van der Waals surface area contributed by atoms with Crippen LogP contribution in [-0.2, 0) is 63.8 Å². The second-order valence-corrected chi connectivity index (χ2v) is 33.3. The first-order chi connectivity index (χ1) is 72.9. The van der Waals surface area contributed by atoms with Crippen LogP contribution in [0.1, 0.15) is 286 Å². The minimum atomic E-state index is -3.75. The lowest BCUT2D eigenvalue weighted by Gasteiger charge is -2.47. The molecule has 4 fully saturated rings. The van der Waals surface area contributed by atoms with Gasteiger partial charge in [-0.3, -0.25) is 38.8 Å². The van der Waals surface area contributed by atoms with Crippen LogP contribution in [-0.4, -0.2) is 201 Å². The Morgan fingerprint density at radius 3 is 0.942 bits per heavy atom. The van der Waals surface area contributed by atoms with Gasteiger partial charge >= 0.3 is 23.9 Å². The number of rotatable bonds is 28. The van der Waals surface area contributed by atoms with Crippen molar-refractivity contribution in [3.8, 4) is 46.0 Å². The quantitative estimate of drug-likeness (QED) is 0.0303. The normalized spacial score (nSPS) is 34.6. The van der Waals surface area contributed by atoms with Gasteiger partial charge in [0.05, 0.1) is 74.6 Å². The van der Waals surface area contributed by atoms with Gasteiger partial charge in [-0.25, -0.2) is 0 Å². The van der Waals surface area contributed by atoms with E-state index in [2.05, 4.69) is 14.7 Å². The van der Waals surface area contributed by atoms with Gasteiger partial charge in [0.15, 0.2) is 46.0 Å². The highest BCUT2D eigenvalue weighted by Crippen LogP contribution is 2.50. The van der Waals surface area contributed by atoms with Crippen molar-refractivity contribution in [3.63, 3.8) is 0 Å². The van der Waals surface area contributed by atoms with E-state index in [9.17, 15) is 24.7 Å². The summed E-state index contributed by atoms with van der Waals surface area (Å²) in [4.78, 5) is 61.8. The molecule has 0 saturated carbocycles. The molecule has 672 valence electrons. The van der Waals surface area contributed by atoms with Gasteiger partial charge in [-0.2, -0.15) is 0 Å². The number of nitrogens with zero attached hydrogens (tertiary/aromatic N) is 4. The second kappa shape index (κ2) is 43.9. The second-order valence-electron chi connectivity index (χ2n) is 33.3. The molecule has 0 aromatic heterocycles. The predicted molar refractivity (Wildman–Crippen MR) is 471 cm³/mol. The van der Waals surface area contributed by atoms with Gasteiger partial charge in [-0.15, -0.1) is 0 Å². The number of piperidine rings is 4. The maximum atomic E-state index is 13.4. The average molecular weight is 1720 g/mol. The molecule has 4 aromatic rings. The van der Waals surface area contributed by atoms with Crippen LogP contribution in [0.25, 0.3) is 0 Å². The molecule has 4 saturated heterocycles. The molecule has 8 aliphatic rings. The van der Waals surface area contributed by atoms with Crippen molar-refractivity contribution in [1.82, 2.24) is 19.6 Å². The highest BCUT2D eigenvalue weighted by molar-refractivity contribution is 5.77. The van der Waals surface area contributed by atoms with Gasteiger partial charge in [-0.05, 0) is 192 Å². The molecule has 8 N–H and O–H groups in total. The average Bonchev–Trinajstić information content (AvgIpc) is 0.719. The molecule has 12 rings (SSSR count). The third kappa shape index (κ3) is 23.8. The Kier molecular flexibility index (Phi) is 19.7. The first-order valence-corrected chi connectivity index (χ1v) is 40.7. The third-order valence-electron chi connectivity index (χ3n) is 23.4. The fraction of sp³-hybridized carbons (Fsp3) is 0.708. The van der Waals surface area contributed by atoms with Crippen LogP contribution in [0.15, 0.2) is 48.5 Å². The van der Waals surface area contributed by atoms with Crippen LogP contribution in [0.4, 0.5) is 0 Å². The largest absolute Gasteiger partial charge is 0.493 e. The van der Waals surface area contributed by atoms with E-state index in [1.165, 1.54) is 42.7 Å². The Morgan fingerprint density at radius 2 is 0.642 bits per heavy atom. The summed E-state index contributed by atoms with van der Waals surface area (Å²) in [7, 11) is 3.36. The van der Waals surface area contributed by atoms with Crippen LogP contribution >= 0.6 is 0 Å². The molecule has 24 nitrogen and oxygen atoms in total. The van der Waals surface area contributed by atoms with Crippen molar-refractivity contribution in [2.24, 2.45) is 93.9 Å². The Balaban J connectivity index is 0.000000237. The highest BCUT2D eigenvalue weighted by atomic mass is 16.6. The molecule has 16 atom stereocenters. The van der Waals surface area contributed by atoms with Gasteiger partial charge in [0.25, 0.3) is 0 Å². The van der Waals surface area contributed by atoms with Crippen molar-refractivity contribution >= 4 is 23.9 Å². The van der Waals surface area contributed by atoms with Gasteiger partial charge in [-0.1, -0.05) is 110 Å². The van der Waals surface area contributed by atoms with Crippen molar-refractivity contribution in [3.05, 3.63) is 93.0 Å². The van der Waals surface area contributed by atoms with E-state index in [0.717, 1.165) is 34.2 Å². The van der Waals surface area contributed by atoms with E-state index in [-0.39, 0.29) is 97.4 Å². The first kappa shape index (κ1) is 53.9. The van der Waals surface area contributed by atoms with Crippen LogP contribution < -0.4 is 60.8 Å². The van der Waals surface area contributed by atoms with Crippen molar-refractivity contribution < 1.29 is 132 Å². The SMILES string of the molecule is [2H]C([2H])([2H])Oc1cc2c(cc1OC)C1CC([2H])(OC(=O)[C@@]([2H])(N)C([2H])(C([2H])([2H])[2H])C([2H])([2H])[2H])C(CC(C)C)CN1CC2.[2H]C([2H])([2H])Oc1cc2c(cc1OC)C1CC([2H])(OC(=O)[C@@]([2H])(N)C([2H])(C([2H])([2H])[2H])C([2H])([2H])[2H])C(CC(C)C)CN1CC2.[2H]C1(OC(=O)[C@@]([2H])(N)C([2H])(C([2H])([2H])[2H])C([2H])([2H])[2H])CC2c3cc(OC)c(OC)cc3CCN2CC1CC(C)C.[2H]C12CC(OC(=O)[C@@H](N)C([2H])(C([2H])([2H])[2H])C([2H])([2H])[2H])C(CC(C)C)CN1CCc1cc(OC)c(OC)cc12. The Morgan fingerprint density at radius 1 is 0.367 bits per heavy atom. The summed E-state index contributed by atoms with van der Waals surface area (Å²) in [6, 6.07) is -2.03. The summed E-state index contributed by atoms with van der Waals surface area (Å²) < 4.78 is 390. The fourth-order valence-electron chi connectivity index (χ4n) is 17.7. The molecule has 8 heterocycles. The molecular formula is C96H152N8O16. The number of fused-ring (bicyclic) bond motifs is 12. The maximum absolute atomic E-state index is 13.4. The molecule has 0 radical (unpaired) electrons. The fourth-order valence-corrected chi connectivity index (χ4v) is 17.7. The summed E-state index contributed by atoms with van der Waals surface area (Å²) in [5.41, 5.74) is 29.4. The number of methoxy groups -OCH3 is 8. The van der Waals surface area contributed by atoms with E-state index in [0.29, 0.717) is 124 Å². The smallest absolute Gasteiger partial charge is 0.323 e. The molecule has 0 amide bonds. The van der Waals surface area contributed by atoms with E-state index in [1.807, 2.05) is 78.5 Å². The number of carbonyl (C=O) groups excluding carboxylic acids is 4. The van der Waals surface area contributed by atoms with Gasteiger partial charge in [0.1, 0.15) is 48.4 Å². The Labute approximate surface area is 776 Å². The lowest BCUT2D eigenvalue weighted by Crippen LogP contribution is -2.51. The number of benzene rings is 4. The topological polar surface area (TPSA) is 296 Å². The summed E-state index contributed by atoms with van der Waals surface area (Å²) in [5, 5.41) is 0.